The van der Waals surface area contributed by atoms with Gasteiger partial charge >= 0.3 is 12.1 Å². The highest BCUT2D eigenvalue weighted by Gasteiger charge is 2.37. The summed E-state index contributed by atoms with van der Waals surface area (Å²) in [5, 5.41) is 0.719. The number of carbonyl (C=O) groups is 2. The van der Waals surface area contributed by atoms with E-state index < -0.39 is 18.2 Å². The third-order valence-corrected chi connectivity index (χ3v) is 10.3. The Bertz CT molecular complexity index is 1700. The maximum absolute atomic E-state index is 13.6. The number of fused-ring (bicyclic) bond motifs is 3. The minimum atomic E-state index is -0.770. The number of hydrogen-bond acceptors (Lipinski definition) is 10. The second kappa shape index (κ2) is 14.9. The van der Waals surface area contributed by atoms with Gasteiger partial charge in [-0.2, -0.15) is 0 Å². The lowest BCUT2D eigenvalue weighted by Gasteiger charge is -2.44. The first-order valence-corrected chi connectivity index (χ1v) is 16.8. The topological polar surface area (TPSA) is 103 Å². The van der Waals surface area contributed by atoms with Crippen molar-refractivity contribution < 1.29 is 28.5 Å². The number of thiophene rings is 1. The first kappa shape index (κ1) is 33.0. The van der Waals surface area contributed by atoms with Crippen LogP contribution in [0.3, 0.4) is 0 Å². The van der Waals surface area contributed by atoms with Gasteiger partial charge in [0.1, 0.15) is 17.1 Å². The molecule has 3 fully saturated rings. The number of benzene rings is 1. The number of piperidine rings is 3. The van der Waals surface area contributed by atoms with Crippen molar-refractivity contribution in [1.82, 2.24) is 14.9 Å². The van der Waals surface area contributed by atoms with E-state index in [1.807, 2.05) is 12.1 Å². The summed E-state index contributed by atoms with van der Waals surface area (Å²) in [6.45, 7) is 3.05. The number of anilines is 1. The largest absolute Gasteiger partial charge is 0.493 e. The van der Waals surface area contributed by atoms with Gasteiger partial charge in [0.05, 0.1) is 42.7 Å². The number of esters is 1. The van der Waals surface area contributed by atoms with Gasteiger partial charge in [-0.25, -0.2) is 9.59 Å². The van der Waals surface area contributed by atoms with Gasteiger partial charge in [0.25, 0.3) is 0 Å². The van der Waals surface area contributed by atoms with E-state index in [9.17, 15) is 9.59 Å². The number of aromatic nitrogens is 2. The van der Waals surface area contributed by atoms with Crippen LogP contribution in [0.4, 0.5) is 10.5 Å². The first-order chi connectivity index (χ1) is 22.8. The molecule has 0 saturated carbocycles. The number of ether oxygens (including phenoxy) is 4. The van der Waals surface area contributed by atoms with E-state index in [0.29, 0.717) is 49.2 Å². The molecule has 3 aliphatic rings. The lowest BCUT2D eigenvalue weighted by atomic mass is 9.86. The number of carbonyl (C=O) groups excluding carboxylic acids is 2. The second-order valence-corrected chi connectivity index (χ2v) is 13.4. The molecule has 7 rings (SSSR count). The number of nitrogens with zero attached hydrogens (tertiary/aromatic N) is 4. The standard InChI is InChI=1S/C34H34Cl2N4O6S/c1-43-28-7-5-22(14-30(28)44-2)29(15-25-26(35)17-38-18-27(25)36)45-33(41)32-8-6-24(47-32)19-40(23-4-3-11-37-16-23)34(42)46-31-20-39-12-9-21(31)10-13-39/h3-8,11,14,16-18,21,29,31H,9-10,12-13,15,19-20H2,1-2H3/t29-,31-/m0/s1. The van der Waals surface area contributed by atoms with E-state index >= 15 is 0 Å². The number of pyridine rings is 2. The van der Waals surface area contributed by atoms with Crippen LogP contribution in [0, 0.1) is 5.92 Å². The molecule has 0 unspecified atom stereocenters. The number of methoxy groups -OCH3 is 2. The molecule has 1 amide bonds. The normalized spacial score (nSPS) is 19.1. The van der Waals surface area contributed by atoms with E-state index in [1.54, 1.807) is 54.7 Å². The fourth-order valence-electron chi connectivity index (χ4n) is 6.03. The van der Waals surface area contributed by atoms with Crippen LogP contribution in [0.5, 0.6) is 11.5 Å². The zero-order valence-electron chi connectivity index (χ0n) is 25.9. The Morgan fingerprint density at radius 1 is 1.00 bits per heavy atom. The summed E-state index contributed by atoms with van der Waals surface area (Å²) >= 11 is 14.1. The Hall–Kier alpha value is -3.90. The zero-order chi connectivity index (χ0) is 32.9. The molecule has 13 heteroatoms. The molecular weight excluding hydrogens is 663 g/mol. The van der Waals surface area contributed by atoms with Gasteiger partial charge in [0.2, 0.25) is 0 Å². The Labute approximate surface area is 287 Å². The van der Waals surface area contributed by atoms with E-state index in [4.69, 9.17) is 42.1 Å². The van der Waals surface area contributed by atoms with E-state index in [1.165, 1.54) is 30.8 Å². The lowest BCUT2D eigenvalue weighted by Crippen LogP contribution is -2.53. The summed E-state index contributed by atoms with van der Waals surface area (Å²) in [5.74, 6) is 0.856. The molecule has 0 spiro atoms. The first-order valence-electron chi connectivity index (χ1n) is 15.2. The molecule has 3 aliphatic heterocycles. The maximum Gasteiger partial charge on any atom is 0.415 e. The quantitative estimate of drug-likeness (QED) is 0.150. The molecule has 47 heavy (non-hydrogen) atoms. The van der Waals surface area contributed by atoms with Crippen molar-refractivity contribution >= 4 is 52.3 Å². The van der Waals surface area contributed by atoms with Crippen LogP contribution < -0.4 is 14.4 Å². The Balaban J connectivity index is 1.21. The molecule has 6 heterocycles. The molecule has 4 aromatic rings. The monoisotopic (exact) mass is 696 g/mol. The van der Waals surface area contributed by atoms with Crippen LogP contribution in [0.25, 0.3) is 0 Å². The van der Waals surface area contributed by atoms with Crippen molar-refractivity contribution in [1.29, 1.82) is 0 Å². The molecule has 10 nitrogen and oxygen atoms in total. The van der Waals surface area contributed by atoms with Gasteiger partial charge in [-0.15, -0.1) is 11.3 Å². The highest BCUT2D eigenvalue weighted by atomic mass is 35.5. The Kier molecular flexibility index (Phi) is 10.5. The average molecular weight is 698 g/mol. The van der Waals surface area contributed by atoms with Crippen LogP contribution >= 0.6 is 34.5 Å². The molecule has 1 aromatic carbocycles. The predicted molar refractivity (Wildman–Crippen MR) is 180 cm³/mol. The van der Waals surface area contributed by atoms with Crippen molar-refractivity contribution in [2.75, 3.05) is 38.8 Å². The molecule has 3 aromatic heterocycles. The van der Waals surface area contributed by atoms with E-state index in [-0.39, 0.29) is 19.1 Å². The van der Waals surface area contributed by atoms with Crippen LogP contribution in [0.1, 0.15) is 44.6 Å². The van der Waals surface area contributed by atoms with Gasteiger partial charge < -0.3 is 18.9 Å². The van der Waals surface area contributed by atoms with Crippen molar-refractivity contribution in [3.63, 3.8) is 0 Å². The van der Waals surface area contributed by atoms with Crippen molar-refractivity contribution in [3.8, 4) is 11.5 Å². The summed E-state index contributed by atoms with van der Waals surface area (Å²) in [5.41, 5.74) is 1.86. The molecular formula is C34H34Cl2N4O6S. The molecule has 0 radical (unpaired) electrons. The van der Waals surface area contributed by atoms with Crippen LogP contribution in [-0.2, 0) is 22.4 Å². The molecule has 3 saturated heterocycles. The van der Waals surface area contributed by atoms with Crippen LogP contribution in [-0.4, -0.2) is 66.9 Å². The van der Waals surface area contributed by atoms with Crippen molar-refractivity contribution in [3.05, 3.63) is 98.2 Å². The summed E-state index contributed by atoms with van der Waals surface area (Å²) in [4.78, 5) is 40.5. The van der Waals surface area contributed by atoms with E-state index in [2.05, 4.69) is 14.9 Å². The maximum atomic E-state index is 13.6. The summed E-state index contributed by atoms with van der Waals surface area (Å²) in [6.07, 6.45) is 7.19. The fraction of sp³-hybridized carbons (Fsp3) is 0.353. The van der Waals surface area contributed by atoms with Gasteiger partial charge in [-0.3, -0.25) is 19.8 Å². The van der Waals surface area contributed by atoms with Gasteiger partial charge in [0.15, 0.2) is 11.5 Å². The fourth-order valence-corrected chi connectivity index (χ4v) is 7.43. The van der Waals surface area contributed by atoms with Crippen LogP contribution in [0.15, 0.2) is 67.3 Å². The lowest BCUT2D eigenvalue weighted by molar-refractivity contribution is -0.0311. The minimum Gasteiger partial charge on any atom is -0.493 e. The number of rotatable bonds is 11. The summed E-state index contributed by atoms with van der Waals surface area (Å²) in [6, 6.07) is 12.4. The predicted octanol–water partition coefficient (Wildman–Crippen LogP) is 7.24. The highest BCUT2D eigenvalue weighted by Crippen LogP contribution is 2.36. The number of halogens is 2. The van der Waals surface area contributed by atoms with Crippen molar-refractivity contribution in [2.45, 2.75) is 38.0 Å². The van der Waals surface area contributed by atoms with Crippen LogP contribution in [0.2, 0.25) is 10.0 Å². The van der Waals surface area contributed by atoms with Crippen molar-refractivity contribution in [2.24, 2.45) is 5.92 Å². The molecule has 0 N–H and O–H groups in total. The number of hydrogen-bond donors (Lipinski definition) is 0. The molecule has 246 valence electrons. The zero-order valence-corrected chi connectivity index (χ0v) is 28.3. The Morgan fingerprint density at radius 3 is 2.43 bits per heavy atom. The molecule has 0 aliphatic carbocycles. The minimum absolute atomic E-state index is 0.144. The second-order valence-electron chi connectivity index (χ2n) is 11.4. The average Bonchev–Trinajstić information content (AvgIpc) is 3.58. The summed E-state index contributed by atoms with van der Waals surface area (Å²) in [7, 11) is 3.08. The van der Waals surface area contributed by atoms with Gasteiger partial charge in [0, 0.05) is 36.4 Å². The molecule has 2 atom stereocenters. The SMILES string of the molecule is COc1ccc([C@H](Cc2c(Cl)cncc2Cl)OC(=O)c2ccc(CN(C(=O)O[C@H]3CN4CCC3CC4)c3cccnc3)s2)cc1OC. The molecule has 2 bridgehead atoms. The third kappa shape index (κ3) is 7.65. The third-order valence-electron chi connectivity index (χ3n) is 8.57. The smallest absolute Gasteiger partial charge is 0.415 e. The Morgan fingerprint density at radius 2 is 1.77 bits per heavy atom. The van der Waals surface area contributed by atoms with E-state index in [0.717, 1.165) is 37.4 Å². The van der Waals surface area contributed by atoms with Gasteiger partial charge in [-0.05, 0) is 79.4 Å². The highest BCUT2D eigenvalue weighted by molar-refractivity contribution is 7.14. The number of amides is 1. The summed E-state index contributed by atoms with van der Waals surface area (Å²) < 4.78 is 23.1. The van der Waals surface area contributed by atoms with Gasteiger partial charge in [-0.1, -0.05) is 29.3 Å².